The molecule has 4 heterocycles. The van der Waals surface area contributed by atoms with Gasteiger partial charge in [-0.2, -0.15) is 10.2 Å². The molecule has 1 atom stereocenters. The highest BCUT2D eigenvalue weighted by molar-refractivity contribution is 6.30. The summed E-state index contributed by atoms with van der Waals surface area (Å²) in [7, 11) is 1.85. The summed E-state index contributed by atoms with van der Waals surface area (Å²) < 4.78 is 24.3. The van der Waals surface area contributed by atoms with Crippen LogP contribution in [0.15, 0.2) is 36.7 Å². The minimum atomic E-state index is -0.571. The summed E-state index contributed by atoms with van der Waals surface area (Å²) in [5.74, 6) is -0.0342. The van der Waals surface area contributed by atoms with Gasteiger partial charge < -0.3 is 10.1 Å². The van der Waals surface area contributed by atoms with E-state index >= 15 is 0 Å². The molecule has 1 N–H and O–H groups in total. The molecular formula is C25H24ClFN6O2. The molecule has 1 aliphatic rings. The molecule has 1 amide bonds. The molecule has 0 saturated heterocycles. The maximum atomic E-state index is 14.4. The van der Waals surface area contributed by atoms with Crippen LogP contribution in [-0.4, -0.2) is 30.5 Å². The van der Waals surface area contributed by atoms with Crippen LogP contribution < -0.4 is 10.1 Å². The van der Waals surface area contributed by atoms with E-state index in [-0.39, 0.29) is 17.5 Å². The first kappa shape index (κ1) is 23.0. The maximum absolute atomic E-state index is 14.4. The first-order chi connectivity index (χ1) is 16.7. The van der Waals surface area contributed by atoms with Crippen LogP contribution in [0.3, 0.4) is 0 Å². The second kappa shape index (κ2) is 8.81. The highest BCUT2D eigenvalue weighted by Crippen LogP contribution is 2.40. The molecule has 10 heteroatoms. The Kier molecular flexibility index (Phi) is 5.80. The van der Waals surface area contributed by atoms with E-state index < -0.39 is 6.10 Å². The minimum absolute atomic E-state index is 0.275. The number of hydrogen-bond donors (Lipinski definition) is 1. The van der Waals surface area contributed by atoms with Crippen molar-refractivity contribution < 1.29 is 13.9 Å². The van der Waals surface area contributed by atoms with E-state index in [0.717, 1.165) is 27.9 Å². The number of halogens is 2. The van der Waals surface area contributed by atoms with E-state index in [1.807, 2.05) is 37.8 Å². The second-order valence-electron chi connectivity index (χ2n) is 8.53. The van der Waals surface area contributed by atoms with Gasteiger partial charge in [0.1, 0.15) is 11.9 Å². The van der Waals surface area contributed by atoms with E-state index in [1.54, 1.807) is 16.9 Å². The standard InChI is InChI=1S/C25H24ClFN6O2/c1-5-33-23-15-9-21(25(28-11-15)29-14(3)34)35-13(2)19-10-17(27)6-7-18(19)22-16(12-32(4)30-22)8-20(23)24(26)31-33/h6-7,9-13H,5,8H2,1-4H3,(H,28,29,34)/t13-/m1/s1. The summed E-state index contributed by atoms with van der Waals surface area (Å²) in [5.41, 5.74) is 5.39. The smallest absolute Gasteiger partial charge is 0.222 e. The number of nitrogens with one attached hydrogen (secondary N) is 1. The first-order valence-corrected chi connectivity index (χ1v) is 11.6. The lowest BCUT2D eigenvalue weighted by Crippen LogP contribution is -2.13. The zero-order chi connectivity index (χ0) is 24.9. The number of aromatic nitrogens is 5. The van der Waals surface area contributed by atoms with Crippen molar-refractivity contribution in [1.82, 2.24) is 24.5 Å². The quantitative estimate of drug-likeness (QED) is 0.416. The third-order valence-electron chi connectivity index (χ3n) is 6.00. The molecular weight excluding hydrogens is 471 g/mol. The van der Waals surface area contributed by atoms with E-state index in [1.165, 1.54) is 19.1 Å². The van der Waals surface area contributed by atoms with Crippen LogP contribution in [0.25, 0.3) is 22.5 Å². The zero-order valence-electron chi connectivity index (χ0n) is 19.8. The topological polar surface area (TPSA) is 86.9 Å². The molecule has 5 rings (SSSR count). The van der Waals surface area contributed by atoms with Crippen molar-refractivity contribution in [3.8, 4) is 28.3 Å². The van der Waals surface area contributed by atoms with Gasteiger partial charge in [0, 0.05) is 67.1 Å². The van der Waals surface area contributed by atoms with Gasteiger partial charge in [-0.3, -0.25) is 14.2 Å². The summed E-state index contributed by atoms with van der Waals surface area (Å²) >= 11 is 6.65. The van der Waals surface area contributed by atoms with Crippen molar-refractivity contribution >= 4 is 23.3 Å². The summed E-state index contributed by atoms with van der Waals surface area (Å²) in [6.45, 7) is 5.81. The number of nitrogens with zero attached hydrogens (tertiary/aromatic N) is 5. The van der Waals surface area contributed by atoms with Crippen molar-refractivity contribution in [2.45, 2.75) is 39.8 Å². The third-order valence-corrected chi connectivity index (χ3v) is 6.31. The predicted molar refractivity (Wildman–Crippen MR) is 131 cm³/mol. The molecule has 0 aliphatic carbocycles. The lowest BCUT2D eigenvalue weighted by molar-refractivity contribution is -0.114. The van der Waals surface area contributed by atoms with Gasteiger partial charge in [0.15, 0.2) is 16.7 Å². The molecule has 3 aromatic heterocycles. The van der Waals surface area contributed by atoms with Crippen molar-refractivity contribution in [3.63, 3.8) is 0 Å². The second-order valence-corrected chi connectivity index (χ2v) is 8.89. The maximum Gasteiger partial charge on any atom is 0.222 e. The molecule has 2 bridgehead atoms. The monoisotopic (exact) mass is 494 g/mol. The van der Waals surface area contributed by atoms with Crippen molar-refractivity contribution in [2.24, 2.45) is 7.05 Å². The number of ether oxygens (including phenoxy) is 1. The van der Waals surface area contributed by atoms with Crippen molar-refractivity contribution in [1.29, 1.82) is 0 Å². The fraction of sp³-hybridized carbons (Fsp3) is 0.280. The normalized spacial score (nSPS) is 14.6. The molecule has 4 aromatic rings. The molecule has 8 nitrogen and oxygen atoms in total. The fourth-order valence-corrected chi connectivity index (χ4v) is 4.77. The lowest BCUT2D eigenvalue weighted by atomic mass is 9.94. The van der Waals surface area contributed by atoms with Gasteiger partial charge in [-0.1, -0.05) is 11.6 Å². The summed E-state index contributed by atoms with van der Waals surface area (Å²) in [6, 6.07) is 6.38. The molecule has 1 aromatic carbocycles. The molecule has 0 unspecified atom stereocenters. The van der Waals surface area contributed by atoms with Crippen LogP contribution >= 0.6 is 11.6 Å². The van der Waals surface area contributed by atoms with Crippen LogP contribution in [0.4, 0.5) is 10.2 Å². The number of carbonyl (C=O) groups is 1. The van der Waals surface area contributed by atoms with Gasteiger partial charge in [0.25, 0.3) is 0 Å². The fourth-order valence-electron chi connectivity index (χ4n) is 4.53. The van der Waals surface area contributed by atoms with Crippen molar-refractivity contribution in [3.05, 3.63) is 64.3 Å². The number of benzene rings is 1. The number of anilines is 1. The number of pyridine rings is 1. The highest BCUT2D eigenvalue weighted by atomic mass is 35.5. The molecule has 0 fully saturated rings. The Bertz CT molecular complexity index is 1460. The number of aryl methyl sites for hydroxylation is 2. The number of rotatable bonds is 2. The van der Waals surface area contributed by atoms with Gasteiger partial charge in [-0.05, 0) is 38.1 Å². The Morgan fingerprint density at radius 1 is 1.31 bits per heavy atom. The largest absolute Gasteiger partial charge is 0.482 e. The Hall–Kier alpha value is -3.72. The summed E-state index contributed by atoms with van der Waals surface area (Å²) in [4.78, 5) is 16.3. The number of carbonyl (C=O) groups excluding carboxylic acids is 1. The average molecular weight is 495 g/mol. The van der Waals surface area contributed by atoms with Crippen LogP contribution in [-0.2, 0) is 24.8 Å². The summed E-state index contributed by atoms with van der Waals surface area (Å²) in [6.07, 6.45) is 3.49. The molecule has 0 saturated carbocycles. The Morgan fingerprint density at radius 2 is 2.11 bits per heavy atom. The minimum Gasteiger partial charge on any atom is -0.482 e. The average Bonchev–Trinajstić information content (AvgIpc) is 3.33. The van der Waals surface area contributed by atoms with Gasteiger partial charge in [0.2, 0.25) is 5.91 Å². The Labute approximate surface area is 206 Å². The van der Waals surface area contributed by atoms with Gasteiger partial charge in [-0.25, -0.2) is 9.37 Å². The number of hydrogen-bond acceptors (Lipinski definition) is 5. The zero-order valence-corrected chi connectivity index (χ0v) is 20.5. The van der Waals surface area contributed by atoms with Crippen LogP contribution in [0.5, 0.6) is 5.75 Å². The van der Waals surface area contributed by atoms with Gasteiger partial charge in [-0.15, -0.1) is 0 Å². The molecule has 0 spiro atoms. The number of fused-ring (bicyclic) bond motifs is 7. The first-order valence-electron chi connectivity index (χ1n) is 11.3. The van der Waals surface area contributed by atoms with Crippen LogP contribution in [0, 0.1) is 5.82 Å². The van der Waals surface area contributed by atoms with E-state index in [9.17, 15) is 9.18 Å². The van der Waals surface area contributed by atoms with Gasteiger partial charge >= 0.3 is 0 Å². The van der Waals surface area contributed by atoms with E-state index in [4.69, 9.17) is 21.4 Å². The van der Waals surface area contributed by atoms with Crippen molar-refractivity contribution in [2.75, 3.05) is 5.32 Å². The molecule has 35 heavy (non-hydrogen) atoms. The van der Waals surface area contributed by atoms with Crippen LogP contribution in [0.2, 0.25) is 5.15 Å². The highest BCUT2D eigenvalue weighted by Gasteiger charge is 2.26. The Morgan fingerprint density at radius 3 is 2.86 bits per heavy atom. The van der Waals surface area contributed by atoms with Gasteiger partial charge in [0.05, 0.1) is 11.4 Å². The van der Waals surface area contributed by atoms with E-state index in [2.05, 4.69) is 15.4 Å². The molecule has 1 aliphatic heterocycles. The third kappa shape index (κ3) is 4.16. The van der Waals surface area contributed by atoms with E-state index in [0.29, 0.717) is 35.1 Å². The van der Waals surface area contributed by atoms with Crippen LogP contribution in [0.1, 0.15) is 43.6 Å². The SMILES string of the molecule is CCn1nc(Cl)c2c1-c1cnc(NC(C)=O)c(c1)O[C@H](C)c1cc(F)ccc1-c1nn(C)cc1C2. The lowest BCUT2D eigenvalue weighted by Gasteiger charge is -2.21. The predicted octanol–water partition coefficient (Wildman–Crippen LogP) is 5.16. The Balaban J connectivity index is 1.82. The summed E-state index contributed by atoms with van der Waals surface area (Å²) in [5, 5.41) is 12.3. The molecule has 180 valence electrons. The molecule has 0 radical (unpaired) electrons. The number of amides is 1.